The Kier molecular flexibility index (Phi) is 6.46. The zero-order valence-electron chi connectivity index (χ0n) is 17.6. The molecule has 2 N–H and O–H groups in total. The highest BCUT2D eigenvalue weighted by atomic mass is 32.2. The Balaban J connectivity index is 1.45. The van der Waals surface area contributed by atoms with E-state index in [2.05, 4.69) is 15.8 Å². The average Bonchev–Trinajstić information content (AvgIpc) is 2.82. The van der Waals surface area contributed by atoms with Gasteiger partial charge in [-0.05, 0) is 48.5 Å². The summed E-state index contributed by atoms with van der Waals surface area (Å²) in [6.45, 7) is 1.02. The lowest BCUT2D eigenvalue weighted by molar-refractivity contribution is 0.0844. The summed E-state index contributed by atoms with van der Waals surface area (Å²) in [6, 6.07) is 16.0. The van der Waals surface area contributed by atoms with E-state index in [4.69, 9.17) is 9.47 Å². The summed E-state index contributed by atoms with van der Waals surface area (Å²) in [5.74, 6) is 0.485. The molecule has 2 amide bonds. The van der Waals surface area contributed by atoms with Gasteiger partial charge in [0.05, 0.1) is 5.56 Å². The summed E-state index contributed by atoms with van der Waals surface area (Å²) in [4.78, 5) is 32.3. The van der Waals surface area contributed by atoms with Gasteiger partial charge in [-0.2, -0.15) is 0 Å². The Morgan fingerprint density at radius 2 is 1.72 bits per heavy atom. The molecule has 0 aliphatic carbocycles. The summed E-state index contributed by atoms with van der Waals surface area (Å²) >= 11 is 1.33. The lowest BCUT2D eigenvalue weighted by atomic mass is 10.2. The highest BCUT2D eigenvalue weighted by Gasteiger charge is 2.17. The molecule has 0 atom stereocenters. The number of rotatable bonds is 5. The second-order valence-electron chi connectivity index (χ2n) is 7.12. The molecular formula is C23H22N4O4S. The third-order valence-corrected chi connectivity index (χ3v) is 5.67. The minimum atomic E-state index is -0.463. The number of pyridine rings is 1. The normalized spacial score (nSPS) is 12.1. The first kappa shape index (κ1) is 21.5. The van der Waals surface area contributed by atoms with E-state index in [9.17, 15) is 9.59 Å². The fraction of sp³-hybridized carbons (Fsp3) is 0.174. The summed E-state index contributed by atoms with van der Waals surface area (Å²) in [6.07, 6.45) is 1.61. The van der Waals surface area contributed by atoms with Crippen molar-refractivity contribution < 1.29 is 19.1 Å². The van der Waals surface area contributed by atoms with E-state index < -0.39 is 11.8 Å². The van der Waals surface area contributed by atoms with E-state index in [0.29, 0.717) is 40.9 Å². The predicted octanol–water partition coefficient (Wildman–Crippen LogP) is 3.14. The number of hydrazine groups is 1. The van der Waals surface area contributed by atoms with Gasteiger partial charge in [0.15, 0.2) is 11.5 Å². The maximum atomic E-state index is 12.8. The van der Waals surface area contributed by atoms with Crippen molar-refractivity contribution >= 4 is 29.3 Å². The van der Waals surface area contributed by atoms with Crippen LogP contribution in [0.5, 0.6) is 11.5 Å². The molecule has 2 heterocycles. The number of benzene rings is 2. The van der Waals surface area contributed by atoms with Crippen LogP contribution >= 0.6 is 11.8 Å². The van der Waals surface area contributed by atoms with Crippen molar-refractivity contribution in [1.82, 2.24) is 15.8 Å². The molecule has 164 valence electrons. The molecule has 1 aliphatic rings. The Morgan fingerprint density at radius 3 is 2.53 bits per heavy atom. The van der Waals surface area contributed by atoms with Crippen molar-refractivity contribution in [1.29, 1.82) is 0 Å². The van der Waals surface area contributed by atoms with Gasteiger partial charge in [-0.1, -0.05) is 17.8 Å². The number of fused-ring (bicyclic) bond motifs is 1. The number of nitrogens with zero attached hydrogens (tertiary/aromatic N) is 2. The zero-order valence-corrected chi connectivity index (χ0v) is 18.4. The van der Waals surface area contributed by atoms with E-state index in [1.54, 1.807) is 36.5 Å². The number of amides is 2. The molecule has 0 spiro atoms. The van der Waals surface area contributed by atoms with Crippen molar-refractivity contribution in [2.45, 2.75) is 9.92 Å². The van der Waals surface area contributed by atoms with Gasteiger partial charge in [-0.15, -0.1) is 0 Å². The SMILES string of the molecule is CN(C)c1cccc(C(=O)NNC(=O)c2cccnc2Sc2ccc3c(c2)OCCO3)c1. The zero-order chi connectivity index (χ0) is 22.5. The van der Waals surface area contributed by atoms with Gasteiger partial charge in [-0.25, -0.2) is 4.98 Å². The van der Waals surface area contributed by atoms with Crippen molar-refractivity contribution in [3.05, 3.63) is 71.9 Å². The standard InChI is InChI=1S/C23H22N4O4S/c1-27(2)16-6-3-5-15(13-16)21(28)25-26-22(29)18-7-4-10-24-23(18)32-17-8-9-19-20(14-17)31-12-11-30-19/h3-10,13-14H,11-12H2,1-2H3,(H,25,28)(H,26,29). The molecule has 8 nitrogen and oxygen atoms in total. The molecule has 0 radical (unpaired) electrons. The number of hydrogen-bond donors (Lipinski definition) is 2. The molecule has 2 aromatic carbocycles. The monoisotopic (exact) mass is 450 g/mol. The van der Waals surface area contributed by atoms with Gasteiger partial charge in [0.2, 0.25) is 0 Å². The molecule has 3 aromatic rings. The van der Waals surface area contributed by atoms with Crippen LogP contribution in [0.25, 0.3) is 0 Å². The van der Waals surface area contributed by atoms with Gasteiger partial charge in [0.25, 0.3) is 11.8 Å². The van der Waals surface area contributed by atoms with E-state index >= 15 is 0 Å². The summed E-state index contributed by atoms with van der Waals surface area (Å²) in [5.41, 5.74) is 6.60. The van der Waals surface area contributed by atoms with Crippen LogP contribution in [-0.2, 0) is 0 Å². The Bertz CT molecular complexity index is 1150. The average molecular weight is 451 g/mol. The number of aromatic nitrogens is 1. The van der Waals surface area contributed by atoms with Crippen LogP contribution in [0.1, 0.15) is 20.7 Å². The van der Waals surface area contributed by atoms with Gasteiger partial charge < -0.3 is 14.4 Å². The van der Waals surface area contributed by atoms with Gasteiger partial charge >= 0.3 is 0 Å². The molecular weight excluding hydrogens is 428 g/mol. The predicted molar refractivity (Wildman–Crippen MR) is 121 cm³/mol. The minimum absolute atomic E-state index is 0.342. The fourth-order valence-electron chi connectivity index (χ4n) is 3.02. The van der Waals surface area contributed by atoms with E-state index in [1.165, 1.54) is 11.8 Å². The fourth-order valence-corrected chi connectivity index (χ4v) is 3.93. The number of ether oxygens (including phenoxy) is 2. The molecule has 0 saturated carbocycles. The Labute approximate surface area is 189 Å². The van der Waals surface area contributed by atoms with Crippen molar-refractivity contribution in [2.24, 2.45) is 0 Å². The molecule has 9 heteroatoms. The lowest BCUT2D eigenvalue weighted by Gasteiger charge is -2.18. The summed E-state index contributed by atoms with van der Waals surface area (Å²) in [5, 5.41) is 0.505. The highest BCUT2D eigenvalue weighted by Crippen LogP contribution is 2.37. The number of carbonyl (C=O) groups excluding carboxylic acids is 2. The van der Waals surface area contributed by atoms with Gasteiger partial charge in [-0.3, -0.25) is 20.4 Å². The summed E-state index contributed by atoms with van der Waals surface area (Å²) in [7, 11) is 3.78. The molecule has 0 unspecified atom stereocenters. The molecule has 1 aliphatic heterocycles. The first-order valence-corrected chi connectivity index (χ1v) is 10.7. The molecule has 0 bridgehead atoms. The molecule has 32 heavy (non-hydrogen) atoms. The minimum Gasteiger partial charge on any atom is -0.486 e. The van der Waals surface area contributed by atoms with Crippen LogP contribution in [0, 0.1) is 0 Å². The first-order valence-electron chi connectivity index (χ1n) is 9.92. The van der Waals surface area contributed by atoms with Gasteiger partial charge in [0.1, 0.15) is 18.2 Å². The number of carbonyl (C=O) groups is 2. The third kappa shape index (κ3) is 4.94. The molecule has 0 saturated heterocycles. The van der Waals surface area contributed by atoms with Crippen LogP contribution in [-0.4, -0.2) is 44.1 Å². The highest BCUT2D eigenvalue weighted by molar-refractivity contribution is 7.99. The Morgan fingerprint density at radius 1 is 0.938 bits per heavy atom. The maximum Gasteiger partial charge on any atom is 0.272 e. The van der Waals surface area contributed by atoms with Crippen molar-refractivity contribution in [3.63, 3.8) is 0 Å². The van der Waals surface area contributed by atoms with Crippen LogP contribution < -0.4 is 25.2 Å². The molecule has 0 fully saturated rings. The van der Waals surface area contributed by atoms with Crippen molar-refractivity contribution in [2.75, 3.05) is 32.2 Å². The van der Waals surface area contributed by atoms with E-state index in [0.717, 1.165) is 10.6 Å². The molecule has 1 aromatic heterocycles. The van der Waals surface area contributed by atoms with Crippen LogP contribution in [0.15, 0.2) is 70.7 Å². The maximum absolute atomic E-state index is 12.8. The second-order valence-corrected chi connectivity index (χ2v) is 8.18. The molecule has 4 rings (SSSR count). The first-order chi connectivity index (χ1) is 15.5. The van der Waals surface area contributed by atoms with Crippen molar-refractivity contribution in [3.8, 4) is 11.5 Å². The number of hydrogen-bond acceptors (Lipinski definition) is 7. The van der Waals surface area contributed by atoms with Crippen LogP contribution in [0.3, 0.4) is 0 Å². The third-order valence-electron chi connectivity index (χ3n) is 4.66. The smallest absolute Gasteiger partial charge is 0.272 e. The second kappa shape index (κ2) is 9.61. The quantitative estimate of drug-likeness (QED) is 0.577. The van der Waals surface area contributed by atoms with Gasteiger partial charge in [0, 0.05) is 36.4 Å². The van der Waals surface area contributed by atoms with E-state index in [1.807, 2.05) is 43.3 Å². The lowest BCUT2D eigenvalue weighted by Crippen LogP contribution is -2.41. The van der Waals surface area contributed by atoms with Crippen LogP contribution in [0.2, 0.25) is 0 Å². The largest absolute Gasteiger partial charge is 0.486 e. The Hall–Kier alpha value is -3.72. The number of nitrogens with one attached hydrogen (secondary N) is 2. The van der Waals surface area contributed by atoms with E-state index in [-0.39, 0.29) is 0 Å². The van der Waals surface area contributed by atoms with Crippen LogP contribution in [0.4, 0.5) is 5.69 Å². The number of anilines is 1. The topological polar surface area (TPSA) is 92.8 Å². The summed E-state index contributed by atoms with van der Waals surface area (Å²) < 4.78 is 11.2.